The van der Waals surface area contributed by atoms with Crippen LogP contribution in [0.1, 0.15) is 6.92 Å². The molecule has 9 heteroatoms. The van der Waals surface area contributed by atoms with Gasteiger partial charge in [-0.15, -0.1) is 5.10 Å². The van der Waals surface area contributed by atoms with Crippen LogP contribution in [0.4, 0.5) is 10.7 Å². The second-order valence-corrected chi connectivity index (χ2v) is 2.89. The lowest BCUT2D eigenvalue weighted by atomic mass is 10.3. The van der Waals surface area contributed by atoms with Crippen molar-refractivity contribution in [2.24, 2.45) is 5.73 Å². The maximum Gasteiger partial charge on any atom is 0.336 e. The van der Waals surface area contributed by atoms with Crippen molar-refractivity contribution >= 4 is 17.9 Å². The molecule has 1 aromatic heterocycles. The topological polar surface area (TPSA) is 135 Å². The van der Waals surface area contributed by atoms with Crippen molar-refractivity contribution in [2.75, 3.05) is 12.4 Å². The number of methoxy groups -OCH3 is 1. The number of nitrogens with zero attached hydrogens (tertiary/aromatic N) is 2. The molecule has 1 rings (SSSR count). The lowest BCUT2D eigenvalue weighted by Gasteiger charge is -2.10. The van der Waals surface area contributed by atoms with Gasteiger partial charge >= 0.3 is 12.0 Å². The Morgan fingerprint density at radius 2 is 2.25 bits per heavy atom. The second-order valence-electron chi connectivity index (χ2n) is 2.89. The number of carbonyl (C=O) groups is 2. The maximum atomic E-state index is 11.4. The monoisotopic (exact) mass is 228 g/mol. The summed E-state index contributed by atoms with van der Waals surface area (Å²) < 4.78 is 4.71. The van der Waals surface area contributed by atoms with Gasteiger partial charge in [0.25, 0.3) is 0 Å². The predicted molar refractivity (Wildman–Crippen MR) is 53.7 cm³/mol. The average molecular weight is 228 g/mol. The Morgan fingerprint density at radius 3 is 2.75 bits per heavy atom. The van der Waals surface area contributed by atoms with Gasteiger partial charge in [0.15, 0.2) is 0 Å². The first-order valence-corrected chi connectivity index (χ1v) is 4.36. The molecule has 0 saturated carbocycles. The van der Waals surface area contributed by atoms with Gasteiger partial charge in [-0.2, -0.15) is 4.98 Å². The zero-order valence-corrected chi connectivity index (χ0v) is 8.77. The number of amides is 3. The van der Waals surface area contributed by atoms with Crippen molar-refractivity contribution in [3.63, 3.8) is 0 Å². The van der Waals surface area contributed by atoms with Gasteiger partial charge in [0.05, 0.1) is 7.11 Å². The van der Waals surface area contributed by atoms with E-state index in [1.165, 1.54) is 14.0 Å². The number of nitrogens with two attached hydrogens (primary N) is 1. The number of rotatable bonds is 4. The largest absolute Gasteiger partial charge is 0.466 e. The number of ether oxygens (including phenoxy) is 1. The number of carbonyl (C=O) groups excluding carboxylic acids is 2. The third-order valence-corrected chi connectivity index (χ3v) is 1.64. The fraction of sp³-hybridized carbons (Fsp3) is 0.429. The number of H-pyrrole nitrogens is 1. The predicted octanol–water partition coefficient (Wildman–Crippen LogP) is -1.19. The van der Waals surface area contributed by atoms with Gasteiger partial charge < -0.3 is 15.8 Å². The molecule has 9 nitrogen and oxygen atoms in total. The number of anilines is 1. The van der Waals surface area contributed by atoms with Crippen molar-refractivity contribution in [2.45, 2.75) is 13.0 Å². The minimum Gasteiger partial charge on any atom is -0.466 e. The molecule has 1 unspecified atom stereocenters. The zero-order chi connectivity index (χ0) is 12.1. The van der Waals surface area contributed by atoms with E-state index < -0.39 is 18.0 Å². The minimum atomic E-state index is -0.780. The lowest BCUT2D eigenvalue weighted by molar-refractivity contribution is -0.117. The molecule has 16 heavy (non-hydrogen) atoms. The highest BCUT2D eigenvalue weighted by Crippen LogP contribution is 2.04. The second kappa shape index (κ2) is 4.96. The van der Waals surface area contributed by atoms with Crippen molar-refractivity contribution in [1.82, 2.24) is 20.5 Å². The Labute approximate surface area is 90.7 Å². The van der Waals surface area contributed by atoms with Crippen LogP contribution in [0.3, 0.4) is 0 Å². The number of urea groups is 1. The molecule has 0 radical (unpaired) electrons. The van der Waals surface area contributed by atoms with E-state index in [-0.39, 0.29) is 12.0 Å². The quantitative estimate of drug-likeness (QED) is 0.513. The first-order chi connectivity index (χ1) is 7.52. The van der Waals surface area contributed by atoms with Crippen LogP contribution < -0.4 is 21.1 Å². The van der Waals surface area contributed by atoms with Crippen LogP contribution in [0.25, 0.3) is 0 Å². The molecule has 5 N–H and O–H groups in total. The van der Waals surface area contributed by atoms with E-state index in [2.05, 4.69) is 25.8 Å². The standard InChI is InChI=1S/C7H12N6O3/c1-3(9-5(8)15)4(14)10-6-11-7(16-2)13-12-6/h3H,1-2H3,(H3,8,9,15)(H2,10,11,12,13,14). The summed E-state index contributed by atoms with van der Waals surface area (Å²) in [4.78, 5) is 25.7. The van der Waals surface area contributed by atoms with Crippen LogP contribution >= 0.6 is 0 Å². The summed E-state index contributed by atoms with van der Waals surface area (Å²) >= 11 is 0. The third kappa shape index (κ3) is 3.12. The number of nitrogens with one attached hydrogen (secondary N) is 3. The molecule has 1 atom stereocenters. The summed E-state index contributed by atoms with van der Waals surface area (Å²) in [6, 6.07) is -1.45. The van der Waals surface area contributed by atoms with Crippen molar-refractivity contribution in [3.8, 4) is 6.01 Å². The van der Waals surface area contributed by atoms with E-state index in [1.807, 2.05) is 0 Å². The normalized spacial score (nSPS) is 11.6. The van der Waals surface area contributed by atoms with E-state index >= 15 is 0 Å². The van der Waals surface area contributed by atoms with Gasteiger partial charge in [-0.3, -0.25) is 10.1 Å². The number of hydrogen-bond acceptors (Lipinski definition) is 5. The molecule has 3 amide bonds. The Hall–Kier alpha value is -2.32. The molecule has 0 aliphatic heterocycles. The summed E-state index contributed by atoms with van der Waals surface area (Å²) in [6.45, 7) is 1.48. The molecule has 0 spiro atoms. The number of primary amides is 1. The molecular formula is C7H12N6O3. The van der Waals surface area contributed by atoms with Crippen LogP contribution in [0.2, 0.25) is 0 Å². The summed E-state index contributed by atoms with van der Waals surface area (Å²) in [5.74, 6) is -0.349. The Kier molecular flexibility index (Phi) is 3.64. The van der Waals surface area contributed by atoms with Gasteiger partial charge in [-0.25, -0.2) is 9.89 Å². The fourth-order valence-electron chi connectivity index (χ4n) is 0.897. The average Bonchev–Trinajstić information content (AvgIpc) is 2.64. The number of aromatic nitrogens is 3. The first kappa shape index (κ1) is 11.8. The minimum absolute atomic E-state index is 0.103. The molecule has 0 fully saturated rings. The highest BCUT2D eigenvalue weighted by molar-refractivity contribution is 5.95. The van der Waals surface area contributed by atoms with E-state index in [0.29, 0.717) is 0 Å². The van der Waals surface area contributed by atoms with Gasteiger partial charge in [0.2, 0.25) is 11.9 Å². The van der Waals surface area contributed by atoms with E-state index in [9.17, 15) is 9.59 Å². The summed E-state index contributed by atoms with van der Waals surface area (Å²) in [6.07, 6.45) is 0. The number of hydrogen-bond donors (Lipinski definition) is 4. The van der Waals surface area contributed by atoms with Crippen LogP contribution in [0, 0.1) is 0 Å². The van der Waals surface area contributed by atoms with Crippen molar-refractivity contribution < 1.29 is 14.3 Å². The molecule has 1 aromatic rings. The molecule has 0 bridgehead atoms. The molecule has 0 aliphatic rings. The van der Waals surface area contributed by atoms with Gasteiger partial charge in [-0.1, -0.05) is 0 Å². The third-order valence-electron chi connectivity index (χ3n) is 1.64. The summed E-state index contributed by atoms with van der Waals surface area (Å²) in [7, 11) is 1.39. The highest BCUT2D eigenvalue weighted by atomic mass is 16.5. The van der Waals surface area contributed by atoms with Gasteiger partial charge in [0.1, 0.15) is 6.04 Å². The van der Waals surface area contributed by atoms with E-state index in [4.69, 9.17) is 10.5 Å². The fourth-order valence-corrected chi connectivity index (χ4v) is 0.897. The smallest absolute Gasteiger partial charge is 0.336 e. The summed E-state index contributed by atoms with van der Waals surface area (Å²) in [5, 5.41) is 10.7. The highest BCUT2D eigenvalue weighted by Gasteiger charge is 2.15. The zero-order valence-electron chi connectivity index (χ0n) is 8.77. The van der Waals surface area contributed by atoms with Crippen LogP contribution in [-0.4, -0.2) is 40.3 Å². The Balaban J connectivity index is 2.53. The van der Waals surface area contributed by atoms with Crippen molar-refractivity contribution in [1.29, 1.82) is 0 Å². The Morgan fingerprint density at radius 1 is 1.56 bits per heavy atom. The van der Waals surface area contributed by atoms with E-state index in [1.54, 1.807) is 0 Å². The molecular weight excluding hydrogens is 216 g/mol. The van der Waals surface area contributed by atoms with Crippen LogP contribution in [0.15, 0.2) is 0 Å². The van der Waals surface area contributed by atoms with Crippen molar-refractivity contribution in [3.05, 3.63) is 0 Å². The number of aromatic amines is 1. The SMILES string of the molecule is COc1n[nH]c(NC(=O)C(C)NC(N)=O)n1. The first-order valence-electron chi connectivity index (χ1n) is 4.36. The summed E-state index contributed by atoms with van der Waals surface area (Å²) in [5.41, 5.74) is 4.86. The molecule has 0 aromatic carbocycles. The molecule has 0 aliphatic carbocycles. The molecule has 1 heterocycles. The molecule has 88 valence electrons. The lowest BCUT2D eigenvalue weighted by Crippen LogP contribution is -2.44. The van der Waals surface area contributed by atoms with Crippen LogP contribution in [0.5, 0.6) is 6.01 Å². The Bertz CT molecular complexity index is 389. The maximum absolute atomic E-state index is 11.4. The van der Waals surface area contributed by atoms with Gasteiger partial charge in [-0.05, 0) is 6.92 Å². The van der Waals surface area contributed by atoms with Gasteiger partial charge in [0, 0.05) is 0 Å². The van der Waals surface area contributed by atoms with Crippen LogP contribution in [-0.2, 0) is 4.79 Å². The van der Waals surface area contributed by atoms with E-state index in [0.717, 1.165) is 0 Å². The molecule has 0 saturated heterocycles.